The molecule has 0 amide bonds. The predicted molar refractivity (Wildman–Crippen MR) is 74.3 cm³/mol. The van der Waals surface area contributed by atoms with Crippen LogP contribution in [0.5, 0.6) is 0 Å². The molecule has 0 saturated carbocycles. The molecule has 1 atom stereocenters. The summed E-state index contributed by atoms with van der Waals surface area (Å²) >= 11 is 0. The number of hydrogen-bond donors (Lipinski definition) is 1. The van der Waals surface area contributed by atoms with E-state index in [4.69, 9.17) is 10.2 Å². The molecule has 1 unspecified atom stereocenters. The minimum absolute atomic E-state index is 0.576. The summed E-state index contributed by atoms with van der Waals surface area (Å²) < 4.78 is 5.82. The van der Waals surface area contributed by atoms with Crippen LogP contribution in [0.1, 0.15) is 56.1 Å². The Morgan fingerprint density at radius 3 is 2.89 bits per heavy atom. The van der Waals surface area contributed by atoms with Crippen molar-refractivity contribution in [3.05, 3.63) is 23.2 Å². The summed E-state index contributed by atoms with van der Waals surface area (Å²) in [5, 5.41) is 0. The number of hydrogen-bond acceptors (Lipinski definition) is 3. The van der Waals surface area contributed by atoms with Crippen molar-refractivity contribution < 1.29 is 4.42 Å². The molecule has 1 aromatic rings. The van der Waals surface area contributed by atoms with Gasteiger partial charge in [-0.1, -0.05) is 19.8 Å². The standard InChI is InChI=1S/C15H26N2O/c1-3-14-7-5-4-6-8-17(14)11-15-9-13(10-16)12(2)18-15/h9,14H,3-8,10-11,16H2,1-2H3. The molecule has 102 valence electrons. The second-order valence-electron chi connectivity index (χ2n) is 5.38. The maximum atomic E-state index is 5.82. The van der Waals surface area contributed by atoms with Crippen molar-refractivity contribution in [2.24, 2.45) is 5.73 Å². The Labute approximate surface area is 110 Å². The van der Waals surface area contributed by atoms with Crippen molar-refractivity contribution in [2.45, 2.75) is 65.1 Å². The number of likely N-dealkylation sites (tertiary alicyclic amines) is 1. The fourth-order valence-electron chi connectivity index (χ4n) is 2.98. The van der Waals surface area contributed by atoms with Crippen LogP contribution < -0.4 is 5.73 Å². The van der Waals surface area contributed by atoms with E-state index in [2.05, 4.69) is 17.9 Å². The highest BCUT2D eigenvalue weighted by Gasteiger charge is 2.20. The molecule has 0 bridgehead atoms. The molecule has 3 nitrogen and oxygen atoms in total. The van der Waals surface area contributed by atoms with Crippen LogP contribution in [0, 0.1) is 6.92 Å². The number of rotatable bonds is 4. The van der Waals surface area contributed by atoms with Gasteiger partial charge < -0.3 is 10.2 Å². The molecule has 0 spiro atoms. The summed E-state index contributed by atoms with van der Waals surface area (Å²) in [6.45, 7) is 7.02. The third-order valence-electron chi connectivity index (χ3n) is 4.12. The molecule has 3 heteroatoms. The van der Waals surface area contributed by atoms with E-state index in [-0.39, 0.29) is 0 Å². The van der Waals surface area contributed by atoms with Gasteiger partial charge in [0.1, 0.15) is 11.5 Å². The third kappa shape index (κ3) is 3.15. The second kappa shape index (κ2) is 6.39. The van der Waals surface area contributed by atoms with Crippen LogP contribution in [-0.2, 0) is 13.1 Å². The van der Waals surface area contributed by atoms with Crippen molar-refractivity contribution in [3.8, 4) is 0 Å². The van der Waals surface area contributed by atoms with Crippen molar-refractivity contribution in [3.63, 3.8) is 0 Å². The Balaban J connectivity index is 2.05. The van der Waals surface area contributed by atoms with Gasteiger partial charge in [-0.15, -0.1) is 0 Å². The third-order valence-corrected chi connectivity index (χ3v) is 4.12. The highest BCUT2D eigenvalue weighted by molar-refractivity contribution is 5.20. The molecule has 0 radical (unpaired) electrons. The number of nitrogens with two attached hydrogens (primary N) is 1. The lowest BCUT2D eigenvalue weighted by atomic mass is 10.1. The van der Waals surface area contributed by atoms with Gasteiger partial charge in [0.05, 0.1) is 6.54 Å². The highest BCUT2D eigenvalue weighted by Crippen LogP contribution is 2.23. The Kier molecular flexibility index (Phi) is 4.84. The smallest absolute Gasteiger partial charge is 0.118 e. The largest absolute Gasteiger partial charge is 0.465 e. The van der Waals surface area contributed by atoms with Crippen LogP contribution in [0.2, 0.25) is 0 Å². The topological polar surface area (TPSA) is 42.4 Å². The van der Waals surface area contributed by atoms with Crippen molar-refractivity contribution in [1.29, 1.82) is 0 Å². The fourth-order valence-corrected chi connectivity index (χ4v) is 2.98. The van der Waals surface area contributed by atoms with Crippen LogP contribution in [0.4, 0.5) is 0 Å². The molecule has 1 fully saturated rings. The lowest BCUT2D eigenvalue weighted by molar-refractivity contribution is 0.172. The molecular formula is C15H26N2O. The van der Waals surface area contributed by atoms with E-state index >= 15 is 0 Å². The monoisotopic (exact) mass is 250 g/mol. The van der Waals surface area contributed by atoms with Gasteiger partial charge in [-0.25, -0.2) is 0 Å². The SMILES string of the molecule is CCC1CCCCCN1Cc1cc(CN)c(C)o1. The average molecular weight is 250 g/mol. The zero-order valence-electron chi connectivity index (χ0n) is 11.7. The minimum atomic E-state index is 0.576. The molecule has 1 aromatic heterocycles. The summed E-state index contributed by atoms with van der Waals surface area (Å²) in [7, 11) is 0. The van der Waals surface area contributed by atoms with Crippen LogP contribution in [0.15, 0.2) is 10.5 Å². The molecule has 1 aliphatic rings. The summed E-state index contributed by atoms with van der Waals surface area (Å²) in [5.41, 5.74) is 6.85. The van der Waals surface area contributed by atoms with Crippen LogP contribution >= 0.6 is 0 Å². The Morgan fingerprint density at radius 2 is 2.22 bits per heavy atom. The molecule has 2 N–H and O–H groups in total. The van der Waals surface area contributed by atoms with Crippen LogP contribution in [0.3, 0.4) is 0 Å². The van der Waals surface area contributed by atoms with Crippen molar-refractivity contribution in [1.82, 2.24) is 4.90 Å². The summed E-state index contributed by atoms with van der Waals surface area (Å²) in [4.78, 5) is 2.59. The minimum Gasteiger partial charge on any atom is -0.465 e. The van der Waals surface area contributed by atoms with Gasteiger partial charge in [-0.05, 0) is 38.8 Å². The highest BCUT2D eigenvalue weighted by atomic mass is 16.3. The van der Waals surface area contributed by atoms with Crippen molar-refractivity contribution >= 4 is 0 Å². The Bertz CT molecular complexity index is 373. The predicted octanol–water partition coefficient (Wildman–Crippen LogP) is 3.20. The summed E-state index contributed by atoms with van der Waals surface area (Å²) in [5.74, 6) is 2.06. The lowest BCUT2D eigenvalue weighted by Crippen LogP contribution is -2.33. The maximum absolute atomic E-state index is 5.82. The van der Waals surface area contributed by atoms with E-state index in [0.717, 1.165) is 29.7 Å². The average Bonchev–Trinajstić information content (AvgIpc) is 2.59. The zero-order valence-corrected chi connectivity index (χ0v) is 11.7. The quantitative estimate of drug-likeness (QED) is 0.892. The molecule has 18 heavy (non-hydrogen) atoms. The van der Waals surface area contributed by atoms with E-state index in [1.165, 1.54) is 38.6 Å². The van der Waals surface area contributed by atoms with Gasteiger partial charge in [0, 0.05) is 18.2 Å². The van der Waals surface area contributed by atoms with E-state index in [0.29, 0.717) is 6.54 Å². The van der Waals surface area contributed by atoms with Gasteiger partial charge in [-0.2, -0.15) is 0 Å². The second-order valence-corrected chi connectivity index (χ2v) is 5.38. The number of aryl methyl sites for hydroxylation is 1. The van der Waals surface area contributed by atoms with Gasteiger partial charge >= 0.3 is 0 Å². The summed E-state index contributed by atoms with van der Waals surface area (Å²) in [6, 6.07) is 2.85. The lowest BCUT2D eigenvalue weighted by Gasteiger charge is -2.28. The molecule has 1 aliphatic heterocycles. The number of nitrogens with zero attached hydrogens (tertiary/aromatic N) is 1. The molecular weight excluding hydrogens is 224 g/mol. The van der Waals surface area contributed by atoms with Gasteiger partial charge in [0.25, 0.3) is 0 Å². The molecule has 0 aromatic carbocycles. The Morgan fingerprint density at radius 1 is 1.39 bits per heavy atom. The number of furan rings is 1. The maximum Gasteiger partial charge on any atom is 0.118 e. The molecule has 0 aliphatic carbocycles. The van der Waals surface area contributed by atoms with E-state index in [1.54, 1.807) is 0 Å². The molecule has 1 saturated heterocycles. The summed E-state index contributed by atoms with van der Waals surface area (Å²) in [6.07, 6.45) is 6.64. The van der Waals surface area contributed by atoms with Crippen LogP contribution in [0.25, 0.3) is 0 Å². The van der Waals surface area contributed by atoms with E-state index in [1.807, 2.05) is 6.92 Å². The first kappa shape index (κ1) is 13.6. The van der Waals surface area contributed by atoms with Gasteiger partial charge in [0.15, 0.2) is 0 Å². The van der Waals surface area contributed by atoms with Gasteiger partial charge in [-0.3, -0.25) is 4.90 Å². The zero-order chi connectivity index (χ0) is 13.0. The normalized spacial score (nSPS) is 22.1. The molecule has 2 heterocycles. The fraction of sp³-hybridized carbons (Fsp3) is 0.733. The first-order valence-corrected chi connectivity index (χ1v) is 7.27. The van der Waals surface area contributed by atoms with E-state index in [9.17, 15) is 0 Å². The van der Waals surface area contributed by atoms with Crippen molar-refractivity contribution in [2.75, 3.05) is 6.54 Å². The van der Waals surface area contributed by atoms with Crippen LogP contribution in [-0.4, -0.2) is 17.5 Å². The van der Waals surface area contributed by atoms with E-state index < -0.39 is 0 Å². The molecule has 2 rings (SSSR count). The Hall–Kier alpha value is -0.800. The first-order valence-electron chi connectivity index (χ1n) is 7.27. The first-order chi connectivity index (χ1) is 8.74. The van der Waals surface area contributed by atoms with Gasteiger partial charge in [0.2, 0.25) is 0 Å².